The number of para-hydroxylation sites is 1. The highest BCUT2D eigenvalue weighted by Crippen LogP contribution is 2.34. The number of benzene rings is 1. The number of anilines is 1. The van der Waals surface area contributed by atoms with Crippen LogP contribution in [0.15, 0.2) is 73.2 Å². The second-order valence-corrected chi connectivity index (χ2v) is 8.32. The van der Waals surface area contributed by atoms with Crippen molar-refractivity contribution in [3.05, 3.63) is 84.4 Å². The molecular weight excluding hydrogens is 428 g/mol. The summed E-state index contributed by atoms with van der Waals surface area (Å²) < 4.78 is 5.88. The molecule has 0 aliphatic heterocycles. The minimum absolute atomic E-state index is 0.0868. The van der Waals surface area contributed by atoms with E-state index < -0.39 is 6.04 Å². The maximum absolute atomic E-state index is 13.9. The van der Waals surface area contributed by atoms with Crippen molar-refractivity contribution in [1.29, 1.82) is 0 Å². The minimum Gasteiger partial charge on any atom is -0.493 e. The molecular formula is C27H30N4O3. The molecule has 176 valence electrons. The fraction of sp³-hybridized carbons (Fsp3) is 0.333. The number of carbonyl (C=O) groups excluding carboxylic acids is 2. The summed E-state index contributed by atoms with van der Waals surface area (Å²) in [7, 11) is 0. The van der Waals surface area contributed by atoms with Crippen LogP contribution in [0.3, 0.4) is 0 Å². The number of aromatic nitrogens is 2. The first-order chi connectivity index (χ1) is 16.7. The van der Waals surface area contributed by atoms with Gasteiger partial charge >= 0.3 is 0 Å². The number of nitrogens with zero attached hydrogens (tertiary/aromatic N) is 3. The lowest BCUT2D eigenvalue weighted by Gasteiger charge is -2.33. The molecule has 1 N–H and O–H groups in total. The number of nitrogens with one attached hydrogen (secondary N) is 1. The Labute approximate surface area is 200 Å². The lowest BCUT2D eigenvalue weighted by Crippen LogP contribution is -2.47. The Morgan fingerprint density at radius 1 is 1.03 bits per heavy atom. The maximum atomic E-state index is 13.9. The van der Waals surface area contributed by atoms with Crippen LogP contribution in [0.25, 0.3) is 0 Å². The Kier molecular flexibility index (Phi) is 7.86. The van der Waals surface area contributed by atoms with Crippen molar-refractivity contribution >= 4 is 17.5 Å². The molecule has 4 rings (SSSR count). The summed E-state index contributed by atoms with van der Waals surface area (Å²) in [5, 5.41) is 3.21. The van der Waals surface area contributed by atoms with Gasteiger partial charge < -0.3 is 10.1 Å². The van der Waals surface area contributed by atoms with Gasteiger partial charge in [-0.05, 0) is 50.1 Å². The quantitative estimate of drug-likeness (QED) is 0.528. The summed E-state index contributed by atoms with van der Waals surface area (Å²) in [6.45, 7) is 2.33. The third kappa shape index (κ3) is 5.42. The highest BCUT2D eigenvalue weighted by atomic mass is 16.5. The molecule has 0 spiro atoms. The molecule has 0 saturated heterocycles. The molecule has 7 heteroatoms. The van der Waals surface area contributed by atoms with Crippen LogP contribution in [-0.2, 0) is 4.79 Å². The molecule has 34 heavy (non-hydrogen) atoms. The molecule has 0 unspecified atom stereocenters. The monoisotopic (exact) mass is 458 g/mol. The summed E-state index contributed by atoms with van der Waals surface area (Å²) in [6.07, 6.45) is 10.0. The average Bonchev–Trinajstić information content (AvgIpc) is 2.89. The zero-order chi connectivity index (χ0) is 23.8. The van der Waals surface area contributed by atoms with Crippen LogP contribution in [0, 0.1) is 0 Å². The van der Waals surface area contributed by atoms with Crippen molar-refractivity contribution in [2.75, 3.05) is 11.5 Å². The average molecular weight is 459 g/mol. The fourth-order valence-electron chi connectivity index (χ4n) is 4.41. The molecule has 1 aromatic carbocycles. The summed E-state index contributed by atoms with van der Waals surface area (Å²) in [4.78, 5) is 37.7. The minimum atomic E-state index is -0.955. The van der Waals surface area contributed by atoms with Gasteiger partial charge in [0.1, 0.15) is 17.5 Å². The van der Waals surface area contributed by atoms with Gasteiger partial charge in [0, 0.05) is 24.0 Å². The first-order valence-electron chi connectivity index (χ1n) is 11.9. The van der Waals surface area contributed by atoms with Crippen molar-refractivity contribution in [3.8, 4) is 5.75 Å². The van der Waals surface area contributed by atoms with Gasteiger partial charge in [0.2, 0.25) is 5.91 Å². The standard InChI is InChI=1S/C27H30N4O3/c1-2-34-24-16-7-6-14-22(24)25(26(32)30-20-11-4-3-5-12-20)31(21-13-10-17-28-19-21)27(33)23-15-8-9-18-29-23/h6-10,13-20,25H,2-5,11-12H2,1H3,(H,30,32)/t25-/m1/s1. The van der Waals surface area contributed by atoms with Crippen molar-refractivity contribution in [1.82, 2.24) is 15.3 Å². The highest BCUT2D eigenvalue weighted by molar-refractivity contribution is 6.09. The molecule has 1 saturated carbocycles. The maximum Gasteiger partial charge on any atom is 0.277 e. The third-order valence-corrected chi connectivity index (χ3v) is 6.00. The van der Waals surface area contributed by atoms with Gasteiger partial charge in [-0.15, -0.1) is 0 Å². The summed E-state index contributed by atoms with van der Waals surface area (Å²) in [6, 6.07) is 15.2. The van der Waals surface area contributed by atoms with Crippen molar-refractivity contribution in [2.24, 2.45) is 0 Å². The summed E-state index contributed by atoms with van der Waals surface area (Å²) >= 11 is 0. The summed E-state index contributed by atoms with van der Waals surface area (Å²) in [5.74, 6) is -0.0626. The topological polar surface area (TPSA) is 84.4 Å². The number of hydrogen-bond acceptors (Lipinski definition) is 5. The molecule has 1 fully saturated rings. The van der Waals surface area contributed by atoms with Crippen LogP contribution in [0.5, 0.6) is 5.75 Å². The van der Waals surface area contributed by atoms with E-state index in [9.17, 15) is 9.59 Å². The van der Waals surface area contributed by atoms with Gasteiger partial charge in [0.25, 0.3) is 5.91 Å². The Morgan fingerprint density at radius 3 is 2.53 bits per heavy atom. The second-order valence-electron chi connectivity index (χ2n) is 8.32. The lowest BCUT2D eigenvalue weighted by molar-refractivity contribution is -0.123. The highest BCUT2D eigenvalue weighted by Gasteiger charge is 2.36. The van der Waals surface area contributed by atoms with E-state index in [4.69, 9.17) is 4.74 Å². The molecule has 0 bridgehead atoms. The number of amides is 2. The smallest absolute Gasteiger partial charge is 0.277 e. The molecule has 1 atom stereocenters. The first-order valence-corrected chi connectivity index (χ1v) is 11.9. The normalized spacial score (nSPS) is 14.7. The zero-order valence-electron chi connectivity index (χ0n) is 19.4. The Balaban J connectivity index is 1.82. The van der Waals surface area contributed by atoms with Gasteiger partial charge in [-0.2, -0.15) is 0 Å². The number of rotatable bonds is 8. The number of pyridine rings is 2. The van der Waals surface area contributed by atoms with Crippen molar-refractivity contribution in [3.63, 3.8) is 0 Å². The van der Waals surface area contributed by atoms with Crippen LogP contribution in [0.2, 0.25) is 0 Å². The molecule has 7 nitrogen and oxygen atoms in total. The van der Waals surface area contributed by atoms with E-state index in [1.54, 1.807) is 48.9 Å². The zero-order valence-corrected chi connectivity index (χ0v) is 19.4. The van der Waals surface area contributed by atoms with Crippen LogP contribution < -0.4 is 15.0 Å². The van der Waals surface area contributed by atoms with Crippen LogP contribution in [0.1, 0.15) is 61.1 Å². The second kappa shape index (κ2) is 11.4. The van der Waals surface area contributed by atoms with E-state index in [0.29, 0.717) is 23.6 Å². The van der Waals surface area contributed by atoms with E-state index in [2.05, 4.69) is 15.3 Å². The molecule has 2 amide bonds. The third-order valence-electron chi connectivity index (χ3n) is 6.00. The lowest BCUT2D eigenvalue weighted by atomic mass is 9.94. The molecule has 1 aliphatic carbocycles. The number of carbonyl (C=O) groups is 2. The van der Waals surface area contributed by atoms with Crippen LogP contribution in [-0.4, -0.2) is 34.4 Å². The first kappa shape index (κ1) is 23.4. The van der Waals surface area contributed by atoms with E-state index in [0.717, 1.165) is 25.7 Å². The fourth-order valence-corrected chi connectivity index (χ4v) is 4.41. The van der Waals surface area contributed by atoms with E-state index in [1.165, 1.54) is 11.3 Å². The molecule has 2 heterocycles. The Morgan fingerprint density at radius 2 is 1.82 bits per heavy atom. The van der Waals surface area contributed by atoms with E-state index in [1.807, 2.05) is 31.2 Å². The SMILES string of the molecule is CCOc1ccccc1[C@H](C(=O)NC1CCCCC1)N(C(=O)c1ccccn1)c1cccnc1. The molecule has 3 aromatic rings. The largest absolute Gasteiger partial charge is 0.493 e. The predicted octanol–water partition coefficient (Wildman–Crippen LogP) is 4.71. The van der Waals surface area contributed by atoms with Crippen molar-refractivity contribution in [2.45, 2.75) is 51.1 Å². The molecule has 0 radical (unpaired) electrons. The molecule has 1 aliphatic rings. The van der Waals surface area contributed by atoms with Gasteiger partial charge in [-0.1, -0.05) is 43.5 Å². The van der Waals surface area contributed by atoms with E-state index >= 15 is 0 Å². The summed E-state index contributed by atoms with van der Waals surface area (Å²) in [5.41, 5.74) is 1.37. The van der Waals surface area contributed by atoms with Gasteiger partial charge in [-0.3, -0.25) is 24.5 Å². The van der Waals surface area contributed by atoms with Gasteiger partial charge in [0.05, 0.1) is 18.5 Å². The van der Waals surface area contributed by atoms with Crippen LogP contribution in [0.4, 0.5) is 5.69 Å². The number of hydrogen-bond donors (Lipinski definition) is 1. The Bertz CT molecular complexity index is 1090. The predicted molar refractivity (Wildman–Crippen MR) is 131 cm³/mol. The Hall–Kier alpha value is -3.74. The van der Waals surface area contributed by atoms with Crippen LogP contribution >= 0.6 is 0 Å². The molecule has 2 aromatic heterocycles. The van der Waals surface area contributed by atoms with Crippen molar-refractivity contribution < 1.29 is 14.3 Å². The van der Waals surface area contributed by atoms with Gasteiger partial charge in [0.15, 0.2) is 0 Å². The number of ether oxygens (including phenoxy) is 1. The van der Waals surface area contributed by atoms with Gasteiger partial charge in [-0.25, -0.2) is 0 Å². The van der Waals surface area contributed by atoms with E-state index in [-0.39, 0.29) is 23.6 Å².